The SMILES string of the molecule is CC(c1cccs1)N(C)C(=O)c1ccc2c(c1)OCC(=O)N2. The Morgan fingerprint density at radius 1 is 1.41 bits per heavy atom. The van der Waals surface area contributed by atoms with Gasteiger partial charge in [-0.15, -0.1) is 11.3 Å². The summed E-state index contributed by atoms with van der Waals surface area (Å²) >= 11 is 1.63. The molecule has 0 spiro atoms. The van der Waals surface area contributed by atoms with Crippen LogP contribution in [0.25, 0.3) is 0 Å². The molecule has 0 bridgehead atoms. The van der Waals surface area contributed by atoms with E-state index in [0.29, 0.717) is 17.0 Å². The molecule has 0 saturated heterocycles. The molecule has 6 heteroatoms. The Hall–Kier alpha value is -2.34. The summed E-state index contributed by atoms with van der Waals surface area (Å²) in [4.78, 5) is 26.7. The minimum atomic E-state index is -0.185. The van der Waals surface area contributed by atoms with E-state index < -0.39 is 0 Å². The second-order valence-corrected chi connectivity index (χ2v) is 6.13. The summed E-state index contributed by atoms with van der Waals surface area (Å²) in [5, 5.41) is 4.71. The normalized spacial score (nSPS) is 14.5. The number of fused-ring (bicyclic) bond motifs is 1. The topological polar surface area (TPSA) is 58.6 Å². The van der Waals surface area contributed by atoms with Gasteiger partial charge in [-0.3, -0.25) is 9.59 Å². The van der Waals surface area contributed by atoms with Crippen LogP contribution in [0.2, 0.25) is 0 Å². The number of carbonyl (C=O) groups excluding carboxylic acids is 2. The van der Waals surface area contributed by atoms with Gasteiger partial charge in [-0.1, -0.05) is 6.07 Å². The van der Waals surface area contributed by atoms with E-state index in [2.05, 4.69) is 5.32 Å². The summed E-state index contributed by atoms with van der Waals surface area (Å²) in [6, 6.07) is 9.07. The van der Waals surface area contributed by atoms with Gasteiger partial charge in [0.05, 0.1) is 11.7 Å². The molecule has 1 aromatic carbocycles. The molecule has 0 saturated carbocycles. The van der Waals surface area contributed by atoms with E-state index in [9.17, 15) is 9.59 Å². The average Bonchev–Trinajstić information content (AvgIpc) is 3.06. The second kappa shape index (κ2) is 5.81. The predicted molar refractivity (Wildman–Crippen MR) is 85.4 cm³/mol. The van der Waals surface area contributed by atoms with Crippen LogP contribution in [0, 0.1) is 0 Å². The molecular weight excluding hydrogens is 300 g/mol. The summed E-state index contributed by atoms with van der Waals surface area (Å²) in [6.07, 6.45) is 0. The first-order valence-corrected chi connectivity index (χ1v) is 7.81. The molecule has 114 valence electrons. The van der Waals surface area contributed by atoms with Crippen molar-refractivity contribution in [2.45, 2.75) is 13.0 Å². The number of benzene rings is 1. The smallest absolute Gasteiger partial charge is 0.262 e. The van der Waals surface area contributed by atoms with Crippen LogP contribution >= 0.6 is 11.3 Å². The van der Waals surface area contributed by atoms with Gasteiger partial charge in [0.15, 0.2) is 6.61 Å². The van der Waals surface area contributed by atoms with E-state index in [1.165, 1.54) is 0 Å². The third-order valence-electron chi connectivity index (χ3n) is 3.72. The van der Waals surface area contributed by atoms with Crippen LogP contribution in [0.15, 0.2) is 35.7 Å². The van der Waals surface area contributed by atoms with Crippen LogP contribution in [-0.4, -0.2) is 30.4 Å². The maximum atomic E-state index is 12.6. The Morgan fingerprint density at radius 2 is 2.23 bits per heavy atom. The first-order valence-electron chi connectivity index (χ1n) is 6.93. The molecule has 1 atom stereocenters. The molecule has 2 amide bonds. The number of carbonyl (C=O) groups is 2. The van der Waals surface area contributed by atoms with Crippen molar-refractivity contribution in [1.29, 1.82) is 0 Å². The van der Waals surface area contributed by atoms with Crippen molar-refractivity contribution in [3.63, 3.8) is 0 Å². The Morgan fingerprint density at radius 3 is 2.95 bits per heavy atom. The highest BCUT2D eigenvalue weighted by Crippen LogP contribution is 2.30. The minimum absolute atomic E-state index is 0.00385. The largest absolute Gasteiger partial charge is 0.482 e. The highest BCUT2D eigenvalue weighted by Gasteiger charge is 2.22. The van der Waals surface area contributed by atoms with Crippen LogP contribution < -0.4 is 10.1 Å². The highest BCUT2D eigenvalue weighted by molar-refractivity contribution is 7.10. The van der Waals surface area contributed by atoms with Gasteiger partial charge in [0.2, 0.25) is 0 Å². The van der Waals surface area contributed by atoms with Crippen LogP contribution in [0.5, 0.6) is 5.75 Å². The quantitative estimate of drug-likeness (QED) is 0.947. The van der Waals surface area contributed by atoms with Crippen LogP contribution in [0.3, 0.4) is 0 Å². The van der Waals surface area contributed by atoms with Gasteiger partial charge in [0.25, 0.3) is 11.8 Å². The van der Waals surface area contributed by atoms with Crippen molar-refractivity contribution < 1.29 is 14.3 Å². The van der Waals surface area contributed by atoms with Gasteiger partial charge in [-0.05, 0) is 36.6 Å². The molecule has 3 rings (SSSR count). The van der Waals surface area contributed by atoms with Crippen molar-refractivity contribution >= 4 is 28.8 Å². The van der Waals surface area contributed by atoms with Crippen LogP contribution in [0.1, 0.15) is 28.2 Å². The van der Waals surface area contributed by atoms with Gasteiger partial charge < -0.3 is 15.0 Å². The number of ether oxygens (including phenoxy) is 1. The van der Waals surface area contributed by atoms with E-state index in [0.717, 1.165) is 4.88 Å². The summed E-state index contributed by atoms with van der Waals surface area (Å²) in [5.41, 5.74) is 1.14. The third-order valence-corrected chi connectivity index (χ3v) is 4.76. The second-order valence-electron chi connectivity index (χ2n) is 5.16. The molecule has 2 aromatic rings. The maximum Gasteiger partial charge on any atom is 0.262 e. The molecule has 0 aliphatic carbocycles. The molecule has 1 N–H and O–H groups in total. The number of nitrogens with zero attached hydrogens (tertiary/aromatic N) is 1. The van der Waals surface area contributed by atoms with Crippen molar-refractivity contribution in [2.75, 3.05) is 19.0 Å². The fourth-order valence-electron chi connectivity index (χ4n) is 2.31. The van der Waals surface area contributed by atoms with Gasteiger partial charge in [-0.2, -0.15) is 0 Å². The molecule has 1 aliphatic heterocycles. The monoisotopic (exact) mass is 316 g/mol. The van der Waals surface area contributed by atoms with Gasteiger partial charge in [0, 0.05) is 17.5 Å². The first-order chi connectivity index (χ1) is 10.6. The molecule has 0 radical (unpaired) electrons. The van der Waals surface area contributed by atoms with Crippen molar-refractivity contribution in [2.24, 2.45) is 0 Å². The minimum Gasteiger partial charge on any atom is -0.482 e. The lowest BCUT2D eigenvalue weighted by atomic mass is 10.1. The fraction of sp³-hybridized carbons (Fsp3) is 0.250. The van der Waals surface area contributed by atoms with E-state index in [1.807, 2.05) is 24.4 Å². The molecule has 1 aromatic heterocycles. The van der Waals surface area contributed by atoms with Crippen molar-refractivity contribution in [1.82, 2.24) is 4.90 Å². The molecule has 0 fully saturated rings. The summed E-state index contributed by atoms with van der Waals surface area (Å²) in [6.45, 7) is 1.98. The molecular formula is C16H16N2O3S. The summed E-state index contributed by atoms with van der Waals surface area (Å²) in [7, 11) is 1.79. The molecule has 5 nitrogen and oxygen atoms in total. The van der Waals surface area contributed by atoms with E-state index in [-0.39, 0.29) is 24.5 Å². The zero-order valence-electron chi connectivity index (χ0n) is 12.3. The Balaban J connectivity index is 1.81. The molecule has 1 aliphatic rings. The van der Waals surface area contributed by atoms with Crippen molar-refractivity contribution in [3.8, 4) is 5.75 Å². The van der Waals surface area contributed by atoms with Gasteiger partial charge in [-0.25, -0.2) is 0 Å². The lowest BCUT2D eigenvalue weighted by molar-refractivity contribution is -0.118. The van der Waals surface area contributed by atoms with Gasteiger partial charge >= 0.3 is 0 Å². The molecule has 1 unspecified atom stereocenters. The summed E-state index contributed by atoms with van der Waals surface area (Å²) < 4.78 is 5.36. The molecule has 2 heterocycles. The van der Waals surface area contributed by atoms with Gasteiger partial charge in [0.1, 0.15) is 5.75 Å². The lowest BCUT2D eigenvalue weighted by Gasteiger charge is -2.25. The average molecular weight is 316 g/mol. The Labute approximate surface area is 132 Å². The fourth-order valence-corrected chi connectivity index (χ4v) is 3.13. The number of hydrogen-bond acceptors (Lipinski definition) is 4. The summed E-state index contributed by atoms with van der Waals surface area (Å²) in [5.74, 6) is 0.266. The third kappa shape index (κ3) is 2.69. The zero-order chi connectivity index (χ0) is 15.7. The highest BCUT2D eigenvalue weighted by atomic mass is 32.1. The van der Waals surface area contributed by atoms with E-state index in [4.69, 9.17) is 4.74 Å². The number of anilines is 1. The Kier molecular flexibility index (Phi) is 3.85. The van der Waals surface area contributed by atoms with E-state index >= 15 is 0 Å². The number of hydrogen-bond donors (Lipinski definition) is 1. The number of amides is 2. The number of nitrogens with one attached hydrogen (secondary N) is 1. The van der Waals surface area contributed by atoms with Crippen LogP contribution in [-0.2, 0) is 4.79 Å². The predicted octanol–water partition coefficient (Wildman–Crippen LogP) is 2.91. The number of thiophene rings is 1. The Bertz CT molecular complexity index is 712. The standard InChI is InChI=1S/C16H16N2O3S/c1-10(14-4-3-7-22-14)18(2)16(20)11-5-6-12-13(8-11)21-9-15(19)17-12/h3-8,10H,9H2,1-2H3,(H,17,19). The first kappa shape index (κ1) is 14.6. The lowest BCUT2D eigenvalue weighted by Crippen LogP contribution is -2.30. The van der Waals surface area contributed by atoms with E-state index in [1.54, 1.807) is 41.5 Å². The van der Waals surface area contributed by atoms with Crippen LogP contribution in [0.4, 0.5) is 5.69 Å². The zero-order valence-corrected chi connectivity index (χ0v) is 13.1. The number of rotatable bonds is 3. The maximum absolute atomic E-state index is 12.6. The van der Waals surface area contributed by atoms with Crippen molar-refractivity contribution in [3.05, 3.63) is 46.2 Å². The molecule has 22 heavy (non-hydrogen) atoms.